The van der Waals surface area contributed by atoms with Crippen LogP contribution in [0.2, 0.25) is 0 Å². The summed E-state index contributed by atoms with van der Waals surface area (Å²) >= 11 is 0. The Morgan fingerprint density at radius 3 is 2.32 bits per heavy atom. The molecule has 198 valence electrons. The van der Waals surface area contributed by atoms with Crippen molar-refractivity contribution >= 4 is 33.2 Å². The molecule has 2 aliphatic rings. The summed E-state index contributed by atoms with van der Waals surface area (Å²) in [4.78, 5) is 39.5. The van der Waals surface area contributed by atoms with Gasteiger partial charge in [-0.1, -0.05) is 0 Å². The molecule has 5 rings (SSSR count). The quantitative estimate of drug-likeness (QED) is 0.464. The van der Waals surface area contributed by atoms with Crippen LogP contribution in [0, 0.1) is 5.92 Å². The molecule has 2 aliphatic heterocycles. The normalized spacial score (nSPS) is 18.3. The van der Waals surface area contributed by atoms with Crippen LogP contribution in [0.25, 0.3) is 0 Å². The first-order valence-electron chi connectivity index (χ1n) is 12.2. The van der Waals surface area contributed by atoms with Crippen LogP contribution >= 0.6 is 0 Å². The Kier molecular flexibility index (Phi) is 6.70. The third-order valence-corrected chi connectivity index (χ3v) is 8.43. The summed E-state index contributed by atoms with van der Waals surface area (Å²) in [5.74, 6) is 0.488. The van der Waals surface area contributed by atoms with Crippen LogP contribution in [0.15, 0.2) is 70.4 Å². The fourth-order valence-electron chi connectivity index (χ4n) is 5.14. The minimum absolute atomic E-state index is 0.0202. The fourth-order valence-corrected chi connectivity index (χ4v) is 6.20. The summed E-state index contributed by atoms with van der Waals surface area (Å²) in [7, 11) is -2.47. The summed E-state index contributed by atoms with van der Waals surface area (Å²) < 4.78 is 34.9. The third kappa shape index (κ3) is 5.01. The second kappa shape index (κ2) is 9.97. The summed E-state index contributed by atoms with van der Waals surface area (Å²) in [5.41, 5.74) is 1.53. The van der Waals surface area contributed by atoms with E-state index in [1.807, 2.05) is 0 Å². The predicted molar refractivity (Wildman–Crippen MR) is 142 cm³/mol. The van der Waals surface area contributed by atoms with Gasteiger partial charge >= 0.3 is 6.03 Å². The van der Waals surface area contributed by atoms with E-state index in [1.165, 1.54) is 32.2 Å². The Hall–Kier alpha value is -4.12. The molecule has 1 aromatic heterocycles. The van der Waals surface area contributed by atoms with Crippen LogP contribution in [0.4, 0.5) is 16.2 Å². The number of Topliss-reactive ketones (excluding diaryl/α,β-unsaturated/α-hetero) is 1. The molecule has 2 atom stereocenters. The zero-order chi connectivity index (χ0) is 27.0. The molecular weight excluding hydrogens is 508 g/mol. The van der Waals surface area contributed by atoms with Gasteiger partial charge in [-0.2, -0.15) is 0 Å². The second-order valence-electron chi connectivity index (χ2n) is 9.64. The van der Waals surface area contributed by atoms with Crippen molar-refractivity contribution in [2.75, 3.05) is 30.2 Å². The topological polar surface area (TPSA) is 127 Å². The molecule has 2 aromatic carbocycles. The van der Waals surface area contributed by atoms with Gasteiger partial charge in [0.1, 0.15) is 11.4 Å². The molecule has 3 aromatic rings. The lowest BCUT2D eigenvalue weighted by Gasteiger charge is -2.42. The number of methoxy groups -OCH3 is 1. The van der Waals surface area contributed by atoms with E-state index in [0.717, 1.165) is 12.1 Å². The van der Waals surface area contributed by atoms with Gasteiger partial charge in [-0.15, -0.1) is 0 Å². The van der Waals surface area contributed by atoms with E-state index >= 15 is 0 Å². The maximum absolute atomic E-state index is 13.3. The van der Waals surface area contributed by atoms with E-state index in [4.69, 9.17) is 4.74 Å². The standard InChI is InChI=1S/C27H28N4O6S/c1-17(32)19-3-5-21(6-4-19)28-27(34)30-14-18-13-20(16-30)25-12-11-24(26(33)31(25)15-18)29-38(35,36)23-9-7-22(37-2)8-10-23/h3-12,18,20,29H,13-16H2,1-2H3,(H,28,34)/t18-,20+/m0/s1. The number of fused-ring (bicyclic) bond motifs is 4. The van der Waals surface area contributed by atoms with Crippen LogP contribution in [-0.4, -0.2) is 49.9 Å². The number of ether oxygens (including phenoxy) is 1. The first-order valence-corrected chi connectivity index (χ1v) is 13.7. The molecule has 0 unspecified atom stereocenters. The van der Waals surface area contributed by atoms with Crippen molar-refractivity contribution in [1.29, 1.82) is 0 Å². The summed E-state index contributed by atoms with van der Waals surface area (Å²) in [6.07, 6.45) is 0.841. The van der Waals surface area contributed by atoms with Crippen LogP contribution in [-0.2, 0) is 16.6 Å². The van der Waals surface area contributed by atoms with E-state index in [0.29, 0.717) is 36.6 Å². The Morgan fingerprint density at radius 2 is 1.66 bits per heavy atom. The fraction of sp³-hybridized carbons (Fsp3) is 0.296. The van der Waals surface area contributed by atoms with Crippen molar-refractivity contribution in [3.05, 3.63) is 82.3 Å². The number of amides is 2. The Bertz CT molecular complexity index is 1550. The van der Waals surface area contributed by atoms with Crippen molar-refractivity contribution in [2.24, 2.45) is 5.92 Å². The Morgan fingerprint density at radius 1 is 0.947 bits per heavy atom. The van der Waals surface area contributed by atoms with Gasteiger partial charge < -0.3 is 19.5 Å². The van der Waals surface area contributed by atoms with Crippen LogP contribution in [0.3, 0.4) is 0 Å². The van der Waals surface area contributed by atoms with Gasteiger partial charge in [-0.25, -0.2) is 13.2 Å². The molecular formula is C27H28N4O6S. The minimum atomic E-state index is -3.96. The first kappa shape index (κ1) is 25.5. The molecule has 0 aliphatic carbocycles. The summed E-state index contributed by atoms with van der Waals surface area (Å²) in [6, 6.07) is 15.7. The third-order valence-electron chi connectivity index (χ3n) is 7.05. The van der Waals surface area contributed by atoms with E-state index in [-0.39, 0.29) is 34.2 Å². The second-order valence-corrected chi connectivity index (χ2v) is 11.3. The van der Waals surface area contributed by atoms with E-state index in [9.17, 15) is 22.8 Å². The number of hydrogen-bond donors (Lipinski definition) is 2. The van der Waals surface area contributed by atoms with Gasteiger partial charge in [0, 0.05) is 42.5 Å². The maximum atomic E-state index is 13.3. The van der Waals surface area contributed by atoms with E-state index < -0.39 is 15.6 Å². The number of benzene rings is 2. The SMILES string of the molecule is COc1ccc(S(=O)(=O)Nc2ccc3n(c2=O)C[C@H]2C[C@@H]3CN(C(=O)Nc3ccc(C(C)=O)cc3)C2)cc1. The van der Waals surface area contributed by atoms with Gasteiger partial charge in [0.15, 0.2) is 5.78 Å². The van der Waals surface area contributed by atoms with Crippen molar-refractivity contribution < 1.29 is 22.7 Å². The Labute approximate surface area is 220 Å². The number of carbonyl (C=O) groups excluding carboxylic acids is 2. The number of hydrogen-bond acceptors (Lipinski definition) is 6. The van der Waals surface area contributed by atoms with Crippen LogP contribution in [0.5, 0.6) is 5.75 Å². The largest absolute Gasteiger partial charge is 0.497 e. The lowest BCUT2D eigenvalue weighted by molar-refractivity contribution is 0.101. The Balaban J connectivity index is 1.31. The summed E-state index contributed by atoms with van der Waals surface area (Å²) in [6.45, 7) is 2.79. The number of nitrogens with zero attached hydrogens (tertiary/aromatic N) is 2. The molecule has 10 nitrogen and oxygen atoms in total. The molecule has 11 heteroatoms. The lowest BCUT2D eigenvalue weighted by Crippen LogP contribution is -2.50. The highest BCUT2D eigenvalue weighted by Crippen LogP contribution is 2.36. The number of ketones is 1. The number of anilines is 2. The molecule has 0 saturated carbocycles. The van der Waals surface area contributed by atoms with E-state index in [1.54, 1.807) is 51.9 Å². The molecule has 1 fully saturated rings. The van der Waals surface area contributed by atoms with Gasteiger partial charge in [0.25, 0.3) is 15.6 Å². The monoisotopic (exact) mass is 536 g/mol. The molecule has 2 bridgehead atoms. The lowest BCUT2D eigenvalue weighted by atomic mass is 9.83. The molecule has 2 N–H and O–H groups in total. The highest BCUT2D eigenvalue weighted by Gasteiger charge is 2.37. The number of sulfonamides is 1. The maximum Gasteiger partial charge on any atom is 0.321 e. The number of piperidine rings is 1. The van der Waals surface area contributed by atoms with Crippen molar-refractivity contribution in [3.63, 3.8) is 0 Å². The van der Waals surface area contributed by atoms with Crippen molar-refractivity contribution in [1.82, 2.24) is 9.47 Å². The van der Waals surface area contributed by atoms with Crippen molar-refractivity contribution in [3.8, 4) is 5.75 Å². The highest BCUT2D eigenvalue weighted by molar-refractivity contribution is 7.92. The average Bonchev–Trinajstić information content (AvgIpc) is 2.90. The molecule has 0 radical (unpaired) electrons. The van der Waals surface area contributed by atoms with Crippen LogP contribution in [0.1, 0.15) is 35.3 Å². The number of likely N-dealkylation sites (tertiary alicyclic amines) is 1. The average molecular weight is 537 g/mol. The molecule has 1 saturated heterocycles. The molecule has 3 heterocycles. The number of aromatic nitrogens is 1. The number of carbonyl (C=O) groups is 2. The number of urea groups is 1. The molecule has 2 amide bonds. The van der Waals surface area contributed by atoms with Crippen LogP contribution < -0.4 is 20.3 Å². The van der Waals surface area contributed by atoms with Gasteiger partial charge in [0.05, 0.1) is 12.0 Å². The zero-order valence-electron chi connectivity index (χ0n) is 21.0. The minimum Gasteiger partial charge on any atom is -0.497 e. The van der Waals surface area contributed by atoms with E-state index in [2.05, 4.69) is 10.0 Å². The predicted octanol–water partition coefficient (Wildman–Crippen LogP) is 3.51. The van der Waals surface area contributed by atoms with Gasteiger partial charge in [0.2, 0.25) is 0 Å². The first-order chi connectivity index (χ1) is 18.1. The molecule has 38 heavy (non-hydrogen) atoms. The van der Waals surface area contributed by atoms with Gasteiger partial charge in [-0.3, -0.25) is 14.3 Å². The number of rotatable bonds is 6. The zero-order valence-corrected chi connectivity index (χ0v) is 21.8. The molecule has 0 spiro atoms. The summed E-state index contributed by atoms with van der Waals surface area (Å²) in [5, 5.41) is 2.88. The number of pyridine rings is 1. The number of nitrogens with one attached hydrogen (secondary N) is 2. The smallest absolute Gasteiger partial charge is 0.321 e. The van der Waals surface area contributed by atoms with Gasteiger partial charge in [-0.05, 0) is 79.9 Å². The van der Waals surface area contributed by atoms with Crippen molar-refractivity contribution in [2.45, 2.75) is 30.7 Å². The highest BCUT2D eigenvalue weighted by atomic mass is 32.2.